The van der Waals surface area contributed by atoms with Crippen LogP contribution >= 0.6 is 0 Å². The van der Waals surface area contributed by atoms with Crippen LogP contribution in [0, 0.1) is 11.6 Å². The number of hydrogen-bond donors (Lipinski definition) is 0. The quantitative estimate of drug-likeness (QED) is 0.745. The number of rotatable bonds is 5. The number of hydrogen-bond acceptors (Lipinski definition) is 3. The van der Waals surface area contributed by atoms with Crippen LogP contribution in [0.5, 0.6) is 17.2 Å². The van der Waals surface area contributed by atoms with Crippen LogP contribution in [-0.2, 0) is 6.42 Å². The summed E-state index contributed by atoms with van der Waals surface area (Å²) in [4.78, 5) is 0. The molecule has 0 saturated carbocycles. The number of methoxy groups -OCH3 is 3. The highest BCUT2D eigenvalue weighted by atomic mass is 19.1. The summed E-state index contributed by atoms with van der Waals surface area (Å²) < 4.78 is 42.5. The van der Waals surface area contributed by atoms with Crippen molar-refractivity contribution in [1.82, 2.24) is 0 Å². The fourth-order valence-electron chi connectivity index (χ4n) is 1.55. The zero-order valence-electron chi connectivity index (χ0n) is 9.97. The van der Waals surface area contributed by atoms with Crippen molar-refractivity contribution in [3.05, 3.63) is 29.9 Å². The molecule has 0 saturated heterocycles. The van der Waals surface area contributed by atoms with E-state index in [0.29, 0.717) is 0 Å². The molecule has 0 N–H and O–H groups in total. The molecule has 1 aromatic rings. The standard InChI is InChI=1S/C12H14F2O3/c1-5-6-7-8(13)10(15-2)12(17-4)11(16-3)9(7)14/h5H,1,6H2,2-4H3. The Balaban J connectivity index is 3.60. The van der Waals surface area contributed by atoms with E-state index >= 15 is 0 Å². The molecule has 3 nitrogen and oxygen atoms in total. The van der Waals surface area contributed by atoms with Crippen LogP contribution in [0.3, 0.4) is 0 Å². The minimum Gasteiger partial charge on any atom is -0.490 e. The maximum Gasteiger partial charge on any atom is 0.209 e. The second-order valence-corrected chi connectivity index (χ2v) is 3.20. The number of benzene rings is 1. The Kier molecular flexibility index (Phi) is 4.31. The first-order valence-corrected chi connectivity index (χ1v) is 4.89. The minimum atomic E-state index is -0.803. The molecule has 17 heavy (non-hydrogen) atoms. The summed E-state index contributed by atoms with van der Waals surface area (Å²) in [7, 11) is 3.83. The van der Waals surface area contributed by atoms with Gasteiger partial charge in [0.15, 0.2) is 11.6 Å². The molecule has 1 aromatic carbocycles. The van der Waals surface area contributed by atoms with Crippen LogP contribution in [0.25, 0.3) is 0 Å². The van der Waals surface area contributed by atoms with Gasteiger partial charge in [0.1, 0.15) is 0 Å². The van der Waals surface area contributed by atoms with E-state index in [9.17, 15) is 8.78 Å². The molecular formula is C12H14F2O3. The normalized spacial score (nSPS) is 9.94. The summed E-state index contributed by atoms with van der Waals surface area (Å²) in [5.41, 5.74) is -0.158. The molecule has 0 atom stereocenters. The monoisotopic (exact) mass is 244 g/mol. The van der Waals surface area contributed by atoms with Crippen LogP contribution in [0.1, 0.15) is 5.56 Å². The summed E-state index contributed by atoms with van der Waals surface area (Å²) in [5, 5.41) is 0. The summed E-state index contributed by atoms with van der Waals surface area (Å²) in [6.45, 7) is 3.45. The topological polar surface area (TPSA) is 27.7 Å². The molecule has 0 aliphatic rings. The van der Waals surface area contributed by atoms with Crippen molar-refractivity contribution in [3.8, 4) is 17.2 Å². The van der Waals surface area contributed by atoms with Crippen LogP contribution in [0.2, 0.25) is 0 Å². The first-order chi connectivity index (χ1) is 8.12. The SMILES string of the molecule is C=CCc1c(F)c(OC)c(OC)c(OC)c1F. The van der Waals surface area contributed by atoms with Crippen molar-refractivity contribution in [2.24, 2.45) is 0 Å². The Hall–Kier alpha value is -1.78. The van der Waals surface area contributed by atoms with Crippen molar-refractivity contribution in [2.45, 2.75) is 6.42 Å². The van der Waals surface area contributed by atoms with E-state index in [1.165, 1.54) is 27.4 Å². The second-order valence-electron chi connectivity index (χ2n) is 3.20. The molecular weight excluding hydrogens is 230 g/mol. The van der Waals surface area contributed by atoms with Gasteiger partial charge < -0.3 is 14.2 Å². The molecule has 5 heteroatoms. The van der Waals surface area contributed by atoms with Gasteiger partial charge in [-0.25, -0.2) is 8.78 Å². The van der Waals surface area contributed by atoms with E-state index in [1.54, 1.807) is 0 Å². The predicted molar refractivity (Wildman–Crippen MR) is 59.9 cm³/mol. The molecule has 0 unspecified atom stereocenters. The second kappa shape index (κ2) is 5.52. The van der Waals surface area contributed by atoms with Crippen molar-refractivity contribution in [3.63, 3.8) is 0 Å². The third-order valence-corrected chi connectivity index (χ3v) is 2.30. The zero-order valence-corrected chi connectivity index (χ0v) is 9.97. The van der Waals surface area contributed by atoms with Gasteiger partial charge in [-0.1, -0.05) is 6.08 Å². The summed E-state index contributed by atoms with van der Waals surface area (Å²) in [5.74, 6) is -2.06. The average Bonchev–Trinajstić information content (AvgIpc) is 2.33. The van der Waals surface area contributed by atoms with Gasteiger partial charge in [0.05, 0.1) is 21.3 Å². The van der Waals surface area contributed by atoms with E-state index in [4.69, 9.17) is 14.2 Å². The van der Waals surface area contributed by atoms with Crippen LogP contribution in [0.4, 0.5) is 8.78 Å². The lowest BCUT2D eigenvalue weighted by Crippen LogP contribution is -2.05. The summed E-state index contributed by atoms with van der Waals surface area (Å²) >= 11 is 0. The molecule has 1 rings (SSSR count). The van der Waals surface area contributed by atoms with E-state index in [0.717, 1.165) is 0 Å². The van der Waals surface area contributed by atoms with Gasteiger partial charge in [0.2, 0.25) is 17.2 Å². The highest BCUT2D eigenvalue weighted by Crippen LogP contribution is 2.43. The first-order valence-electron chi connectivity index (χ1n) is 4.89. The number of allylic oxidation sites excluding steroid dienone is 1. The van der Waals surface area contributed by atoms with Crippen LogP contribution in [-0.4, -0.2) is 21.3 Å². The maximum atomic E-state index is 13.9. The lowest BCUT2D eigenvalue weighted by Gasteiger charge is -2.16. The Labute approximate surface area is 98.6 Å². The highest BCUT2D eigenvalue weighted by molar-refractivity contribution is 5.56. The van der Waals surface area contributed by atoms with Gasteiger partial charge in [0, 0.05) is 5.56 Å². The molecule has 0 heterocycles. The van der Waals surface area contributed by atoms with Crippen molar-refractivity contribution < 1.29 is 23.0 Å². The Morgan fingerprint density at radius 3 is 1.65 bits per heavy atom. The van der Waals surface area contributed by atoms with Gasteiger partial charge in [-0.05, 0) is 6.42 Å². The summed E-state index contributed by atoms with van der Waals surface area (Å²) in [6, 6.07) is 0. The lowest BCUT2D eigenvalue weighted by molar-refractivity contribution is 0.298. The van der Waals surface area contributed by atoms with Crippen LogP contribution < -0.4 is 14.2 Å². The molecule has 0 bridgehead atoms. The van der Waals surface area contributed by atoms with Gasteiger partial charge in [-0.2, -0.15) is 0 Å². The van der Waals surface area contributed by atoms with Gasteiger partial charge >= 0.3 is 0 Å². The van der Waals surface area contributed by atoms with E-state index in [-0.39, 0.29) is 29.2 Å². The minimum absolute atomic E-state index is 0.0361. The Bertz CT molecular complexity index is 399. The summed E-state index contributed by atoms with van der Waals surface area (Å²) in [6.07, 6.45) is 1.43. The van der Waals surface area contributed by atoms with E-state index in [1.807, 2.05) is 0 Å². The molecule has 0 radical (unpaired) electrons. The molecule has 94 valence electrons. The Morgan fingerprint density at radius 1 is 0.941 bits per heavy atom. The van der Waals surface area contributed by atoms with Gasteiger partial charge in [-0.3, -0.25) is 0 Å². The molecule has 0 fully saturated rings. The molecule has 0 aliphatic carbocycles. The lowest BCUT2D eigenvalue weighted by atomic mass is 10.1. The third kappa shape index (κ3) is 2.18. The fourth-order valence-corrected chi connectivity index (χ4v) is 1.55. The molecule has 0 amide bonds. The smallest absolute Gasteiger partial charge is 0.209 e. The van der Waals surface area contributed by atoms with Crippen molar-refractivity contribution >= 4 is 0 Å². The zero-order chi connectivity index (χ0) is 13.0. The fraction of sp³-hybridized carbons (Fsp3) is 0.333. The number of halogens is 2. The van der Waals surface area contributed by atoms with Crippen molar-refractivity contribution in [2.75, 3.05) is 21.3 Å². The number of ether oxygens (including phenoxy) is 3. The third-order valence-electron chi connectivity index (χ3n) is 2.30. The molecule has 0 spiro atoms. The van der Waals surface area contributed by atoms with E-state index in [2.05, 4.69) is 6.58 Å². The first kappa shape index (κ1) is 13.3. The molecule has 0 aliphatic heterocycles. The van der Waals surface area contributed by atoms with Crippen molar-refractivity contribution in [1.29, 1.82) is 0 Å². The van der Waals surface area contributed by atoms with Crippen LogP contribution in [0.15, 0.2) is 12.7 Å². The van der Waals surface area contributed by atoms with E-state index < -0.39 is 11.6 Å². The van der Waals surface area contributed by atoms with Gasteiger partial charge in [-0.15, -0.1) is 6.58 Å². The maximum absolute atomic E-state index is 13.9. The largest absolute Gasteiger partial charge is 0.490 e. The molecule has 0 aromatic heterocycles. The predicted octanol–water partition coefficient (Wildman–Crippen LogP) is 2.72. The average molecular weight is 244 g/mol. The Morgan fingerprint density at radius 2 is 1.35 bits per heavy atom. The highest BCUT2D eigenvalue weighted by Gasteiger charge is 2.26. The van der Waals surface area contributed by atoms with Gasteiger partial charge in [0.25, 0.3) is 0 Å².